The van der Waals surface area contributed by atoms with Crippen LogP contribution >= 0.6 is 34.8 Å². The number of piperidine rings is 1. The van der Waals surface area contributed by atoms with Crippen LogP contribution in [0.15, 0.2) is 59.6 Å². The molecule has 36 heavy (non-hydrogen) atoms. The van der Waals surface area contributed by atoms with Gasteiger partial charge in [0.2, 0.25) is 10.0 Å². The van der Waals surface area contributed by atoms with Crippen LogP contribution in [0.25, 0.3) is 16.9 Å². The molecular formula is C24H21BCl3N5O2S. The molecule has 0 aliphatic carbocycles. The summed E-state index contributed by atoms with van der Waals surface area (Å²) in [5, 5.41) is 8.58. The molecule has 1 atom stereocenters. The molecular weight excluding hydrogens is 540 g/mol. The molecule has 1 fully saturated rings. The normalized spacial score (nSPS) is 16.9. The molecule has 1 saturated heterocycles. The Hall–Kier alpha value is -2.30. The Morgan fingerprint density at radius 2 is 1.78 bits per heavy atom. The van der Waals surface area contributed by atoms with Crippen LogP contribution in [0, 0.1) is 5.92 Å². The molecule has 2 aromatic carbocycles. The number of rotatable bonds is 6. The fourth-order valence-electron chi connectivity index (χ4n) is 4.43. The molecule has 3 heterocycles. The van der Waals surface area contributed by atoms with Crippen LogP contribution < -0.4 is 10.8 Å². The minimum absolute atomic E-state index is 0.0471. The van der Waals surface area contributed by atoms with Crippen LogP contribution in [0.3, 0.4) is 0 Å². The molecule has 0 bridgehead atoms. The lowest BCUT2D eigenvalue weighted by molar-refractivity contribution is 0.275. The molecule has 2 radical (unpaired) electrons. The summed E-state index contributed by atoms with van der Waals surface area (Å²) < 4.78 is 29.8. The van der Waals surface area contributed by atoms with Crippen molar-refractivity contribution in [3.05, 3.63) is 69.8 Å². The number of fused-ring (bicyclic) bond motifs is 1. The summed E-state index contributed by atoms with van der Waals surface area (Å²) in [5.74, 6) is 0.732. The van der Waals surface area contributed by atoms with E-state index in [-0.39, 0.29) is 20.9 Å². The fourth-order valence-corrected chi connectivity index (χ4v) is 7.31. The monoisotopic (exact) mass is 559 g/mol. The Balaban J connectivity index is 1.39. The highest BCUT2D eigenvalue weighted by atomic mass is 35.5. The molecule has 2 aromatic heterocycles. The SMILES string of the molecule is [B]c1cnn2c(NCC3CCCN(S(=O)(=O)c4c(Cl)cccc4Cl)C3)cc(-c3ccccc3Cl)nc12. The van der Waals surface area contributed by atoms with Crippen LogP contribution in [0.2, 0.25) is 15.1 Å². The fraction of sp³-hybridized carbons (Fsp3) is 0.250. The second kappa shape index (κ2) is 10.2. The summed E-state index contributed by atoms with van der Waals surface area (Å²) in [5.41, 5.74) is 2.38. The van der Waals surface area contributed by atoms with E-state index >= 15 is 0 Å². The number of hydrogen-bond acceptors (Lipinski definition) is 5. The first kappa shape index (κ1) is 25.4. The molecule has 4 aromatic rings. The third-order valence-electron chi connectivity index (χ3n) is 6.22. The van der Waals surface area contributed by atoms with Gasteiger partial charge in [-0.3, -0.25) is 0 Å². The van der Waals surface area contributed by atoms with Gasteiger partial charge in [0.15, 0.2) is 5.65 Å². The Morgan fingerprint density at radius 1 is 1.06 bits per heavy atom. The summed E-state index contributed by atoms with van der Waals surface area (Å²) in [4.78, 5) is 4.61. The maximum atomic E-state index is 13.3. The molecule has 1 aliphatic rings. The van der Waals surface area contributed by atoms with Crippen molar-refractivity contribution < 1.29 is 8.42 Å². The molecule has 0 saturated carbocycles. The summed E-state index contributed by atoms with van der Waals surface area (Å²) in [6.07, 6.45) is 3.13. The van der Waals surface area contributed by atoms with Crippen LogP contribution in [0.1, 0.15) is 12.8 Å². The minimum Gasteiger partial charge on any atom is -0.370 e. The van der Waals surface area contributed by atoms with Gasteiger partial charge in [-0.2, -0.15) is 13.9 Å². The molecule has 184 valence electrons. The van der Waals surface area contributed by atoms with E-state index in [1.807, 2.05) is 24.3 Å². The highest BCUT2D eigenvalue weighted by molar-refractivity contribution is 7.89. The Bertz CT molecular complexity index is 1530. The van der Waals surface area contributed by atoms with E-state index in [0.717, 1.165) is 18.4 Å². The zero-order valence-electron chi connectivity index (χ0n) is 19.0. The summed E-state index contributed by atoms with van der Waals surface area (Å²) in [7, 11) is 2.28. The predicted octanol–water partition coefficient (Wildman–Crippen LogP) is 4.66. The number of nitrogens with one attached hydrogen (secondary N) is 1. The van der Waals surface area contributed by atoms with Crippen LogP contribution in [0.5, 0.6) is 0 Å². The molecule has 1 unspecified atom stereocenters. The number of aromatic nitrogens is 3. The van der Waals surface area contributed by atoms with Crippen molar-refractivity contribution in [2.24, 2.45) is 5.92 Å². The van der Waals surface area contributed by atoms with E-state index in [1.54, 1.807) is 22.8 Å². The van der Waals surface area contributed by atoms with Gasteiger partial charge in [-0.1, -0.05) is 59.1 Å². The third-order valence-corrected chi connectivity index (χ3v) is 9.37. The van der Waals surface area contributed by atoms with Crippen LogP contribution in [-0.2, 0) is 10.0 Å². The van der Waals surface area contributed by atoms with Gasteiger partial charge in [-0.05, 0) is 42.4 Å². The maximum Gasteiger partial charge on any atom is 0.246 e. The Labute approximate surface area is 225 Å². The van der Waals surface area contributed by atoms with Gasteiger partial charge in [0.05, 0.1) is 15.7 Å². The molecule has 1 aliphatic heterocycles. The lowest BCUT2D eigenvalue weighted by Gasteiger charge is -2.32. The van der Waals surface area contributed by atoms with E-state index in [1.165, 1.54) is 16.4 Å². The highest BCUT2D eigenvalue weighted by Crippen LogP contribution is 2.34. The van der Waals surface area contributed by atoms with Crippen LogP contribution in [-0.4, -0.2) is 54.8 Å². The average molecular weight is 561 g/mol. The van der Waals surface area contributed by atoms with Gasteiger partial charge in [-0.15, -0.1) is 0 Å². The summed E-state index contributed by atoms with van der Waals surface area (Å²) in [6.45, 7) is 1.26. The zero-order valence-corrected chi connectivity index (χ0v) is 22.1. The zero-order chi connectivity index (χ0) is 25.4. The second-order valence-corrected chi connectivity index (χ2v) is 11.7. The van der Waals surface area contributed by atoms with Crippen molar-refractivity contribution in [1.29, 1.82) is 0 Å². The first-order chi connectivity index (χ1) is 17.3. The number of hydrogen-bond donors (Lipinski definition) is 1. The second-order valence-electron chi connectivity index (χ2n) is 8.64. The largest absolute Gasteiger partial charge is 0.370 e. The first-order valence-corrected chi connectivity index (χ1v) is 13.9. The van der Waals surface area contributed by atoms with Gasteiger partial charge in [0, 0.05) is 42.5 Å². The number of benzene rings is 2. The van der Waals surface area contributed by atoms with Crippen molar-refractivity contribution in [2.45, 2.75) is 17.7 Å². The topological polar surface area (TPSA) is 79.6 Å². The van der Waals surface area contributed by atoms with Crippen molar-refractivity contribution in [3.63, 3.8) is 0 Å². The van der Waals surface area contributed by atoms with Gasteiger partial charge in [0.25, 0.3) is 0 Å². The van der Waals surface area contributed by atoms with Gasteiger partial charge in [0.1, 0.15) is 18.6 Å². The van der Waals surface area contributed by atoms with Gasteiger partial charge in [-0.25, -0.2) is 13.4 Å². The molecule has 1 N–H and O–H groups in total. The van der Waals surface area contributed by atoms with Gasteiger partial charge < -0.3 is 5.32 Å². The number of nitrogens with zero attached hydrogens (tertiary/aromatic N) is 4. The van der Waals surface area contributed by atoms with E-state index in [4.69, 9.17) is 42.6 Å². The lowest BCUT2D eigenvalue weighted by atomic mass is 9.99. The predicted molar refractivity (Wildman–Crippen MR) is 145 cm³/mol. The number of halogens is 3. The first-order valence-electron chi connectivity index (χ1n) is 11.3. The molecule has 5 rings (SSSR count). The van der Waals surface area contributed by atoms with E-state index in [9.17, 15) is 8.42 Å². The molecule has 0 amide bonds. The van der Waals surface area contributed by atoms with Crippen molar-refractivity contribution in [1.82, 2.24) is 18.9 Å². The Kier molecular flexibility index (Phi) is 7.20. The molecule has 7 nitrogen and oxygen atoms in total. The van der Waals surface area contributed by atoms with Gasteiger partial charge >= 0.3 is 0 Å². The number of sulfonamides is 1. The molecule has 0 spiro atoms. The van der Waals surface area contributed by atoms with E-state index in [0.29, 0.717) is 47.3 Å². The van der Waals surface area contributed by atoms with Crippen molar-refractivity contribution in [2.75, 3.05) is 25.0 Å². The standard InChI is InChI=1S/C24H21BCl3N5O2S/c25-17-13-30-33-22(11-21(31-24(17)33)16-6-1-2-7-18(16)26)29-12-15-5-4-10-32(14-15)36(34,35)23-19(27)8-3-9-20(23)28/h1-3,6-9,11,13,15,29H,4-5,10,12,14H2. The Morgan fingerprint density at radius 3 is 2.53 bits per heavy atom. The van der Waals surface area contributed by atoms with Crippen molar-refractivity contribution >= 4 is 69.6 Å². The minimum atomic E-state index is -3.84. The van der Waals surface area contributed by atoms with E-state index < -0.39 is 10.0 Å². The van der Waals surface area contributed by atoms with E-state index in [2.05, 4.69) is 15.4 Å². The smallest absolute Gasteiger partial charge is 0.246 e. The average Bonchev–Trinajstić information content (AvgIpc) is 3.23. The van der Waals surface area contributed by atoms with Crippen molar-refractivity contribution in [3.8, 4) is 11.3 Å². The molecule has 12 heteroatoms. The highest BCUT2D eigenvalue weighted by Gasteiger charge is 2.33. The quantitative estimate of drug-likeness (QED) is 0.347. The number of anilines is 1. The summed E-state index contributed by atoms with van der Waals surface area (Å²) >= 11 is 18.8. The summed E-state index contributed by atoms with van der Waals surface area (Å²) in [6, 6.07) is 14.0. The third kappa shape index (κ3) is 4.83. The lowest BCUT2D eigenvalue weighted by Crippen LogP contribution is -2.42. The maximum absolute atomic E-state index is 13.3. The van der Waals surface area contributed by atoms with Crippen LogP contribution in [0.4, 0.5) is 5.82 Å².